The second kappa shape index (κ2) is 6.67. The molecular formula is C29H32N2O3. The largest absolute Gasteiger partial charge is 0.504 e. The first-order valence-corrected chi connectivity index (χ1v) is 12.6. The first-order chi connectivity index (χ1) is 16.5. The molecule has 0 saturated carbocycles. The number of aromatic nitrogens is 1. The predicted octanol–water partition coefficient (Wildman–Crippen LogP) is 4.96. The smallest absolute Gasteiger partial charge is 0.166 e. The summed E-state index contributed by atoms with van der Waals surface area (Å²) < 4.78 is 14.1. The molecule has 0 radical (unpaired) electrons. The van der Waals surface area contributed by atoms with E-state index >= 15 is 0 Å². The van der Waals surface area contributed by atoms with Crippen molar-refractivity contribution in [2.45, 2.75) is 62.2 Å². The minimum atomic E-state index is -0.664. The Morgan fingerprint density at radius 3 is 2.97 bits per heavy atom. The van der Waals surface area contributed by atoms with Gasteiger partial charge in [-0.2, -0.15) is 0 Å². The highest BCUT2D eigenvalue weighted by Gasteiger charge is 2.78. The van der Waals surface area contributed by atoms with Gasteiger partial charge in [-0.15, -0.1) is 6.58 Å². The van der Waals surface area contributed by atoms with E-state index in [1.54, 1.807) is 0 Å². The summed E-state index contributed by atoms with van der Waals surface area (Å²) in [5.74, 6) is 0.893. The van der Waals surface area contributed by atoms with Crippen molar-refractivity contribution in [1.82, 2.24) is 9.88 Å². The number of fused-ring (bicyclic) bond motifs is 4. The number of rotatable bonds is 5. The Hall–Kier alpha value is -2.76. The maximum Gasteiger partial charge on any atom is 0.166 e. The number of phenolic OH excluding ortho intramolecular Hbond substituents is 1. The van der Waals surface area contributed by atoms with Crippen LogP contribution in [0, 0.1) is 0 Å². The number of hydrogen-bond acceptors (Lipinski definition) is 4. The van der Waals surface area contributed by atoms with E-state index in [-0.39, 0.29) is 17.2 Å². The molecule has 2 aliphatic heterocycles. The van der Waals surface area contributed by atoms with Gasteiger partial charge < -0.3 is 19.6 Å². The minimum absolute atomic E-state index is 0.207. The van der Waals surface area contributed by atoms with Crippen LogP contribution in [0.2, 0.25) is 0 Å². The fraction of sp³-hybridized carbons (Fsp3) is 0.448. The molecule has 3 heterocycles. The quantitative estimate of drug-likeness (QED) is 0.533. The molecule has 4 atom stereocenters. The lowest BCUT2D eigenvalue weighted by atomic mass is 9.45. The Balaban J connectivity index is 1.61. The zero-order valence-electron chi connectivity index (χ0n) is 20.0. The van der Waals surface area contributed by atoms with Crippen LogP contribution in [-0.4, -0.2) is 46.3 Å². The molecule has 1 aromatic heterocycles. The maximum absolute atomic E-state index is 11.0. The van der Waals surface area contributed by atoms with Crippen molar-refractivity contribution in [3.63, 3.8) is 0 Å². The van der Waals surface area contributed by atoms with Crippen LogP contribution in [0.4, 0.5) is 0 Å². The van der Waals surface area contributed by atoms with Gasteiger partial charge in [-0.3, -0.25) is 4.90 Å². The lowest BCUT2D eigenvalue weighted by Crippen LogP contribution is -2.79. The van der Waals surface area contributed by atoms with Crippen molar-refractivity contribution in [3.8, 4) is 11.5 Å². The zero-order chi connectivity index (χ0) is 23.3. The highest BCUT2D eigenvalue weighted by Crippen LogP contribution is 2.72. The molecule has 4 aliphatic rings. The lowest BCUT2D eigenvalue weighted by molar-refractivity contribution is -0.224. The van der Waals surface area contributed by atoms with Crippen molar-refractivity contribution in [2.24, 2.45) is 0 Å². The number of likely N-dealkylation sites (tertiary alicyclic amines) is 1. The summed E-state index contributed by atoms with van der Waals surface area (Å²) in [5, 5.41) is 12.3. The van der Waals surface area contributed by atoms with E-state index in [1.807, 2.05) is 12.1 Å². The number of hydrogen-bond donors (Lipinski definition) is 2. The van der Waals surface area contributed by atoms with Crippen LogP contribution < -0.4 is 4.74 Å². The Morgan fingerprint density at radius 2 is 2.15 bits per heavy atom. The van der Waals surface area contributed by atoms with Crippen molar-refractivity contribution < 1.29 is 14.6 Å². The summed E-state index contributed by atoms with van der Waals surface area (Å²) in [4.78, 5) is 6.33. The Morgan fingerprint density at radius 1 is 1.29 bits per heavy atom. The SMILES string of the molecule is C=CCN1CC[C@]23c4c5ccc(O)c4O[C@@]2(C)c2[nH]c4ccccc4c2C[C@@]3(OCCC)[C@H]1C5. The van der Waals surface area contributed by atoms with E-state index < -0.39 is 11.2 Å². The number of ether oxygens (including phenoxy) is 2. The van der Waals surface area contributed by atoms with E-state index in [2.05, 4.69) is 60.6 Å². The van der Waals surface area contributed by atoms with Crippen molar-refractivity contribution in [3.05, 3.63) is 71.4 Å². The van der Waals surface area contributed by atoms with Gasteiger partial charge in [-0.05, 0) is 49.4 Å². The number of aromatic amines is 1. The third-order valence-corrected chi connectivity index (χ3v) is 9.32. The third kappa shape index (κ3) is 2.11. The van der Waals surface area contributed by atoms with E-state index in [0.29, 0.717) is 12.4 Å². The highest BCUT2D eigenvalue weighted by atomic mass is 16.5. The Labute approximate surface area is 200 Å². The van der Waals surface area contributed by atoms with Crippen LogP contribution in [0.25, 0.3) is 10.9 Å². The number of aromatic hydroxyl groups is 1. The van der Waals surface area contributed by atoms with Gasteiger partial charge in [0.05, 0.1) is 11.1 Å². The fourth-order valence-corrected chi connectivity index (χ4v) is 8.15. The van der Waals surface area contributed by atoms with Crippen LogP contribution in [0.5, 0.6) is 11.5 Å². The summed E-state index contributed by atoms with van der Waals surface area (Å²) in [5.41, 5.74) is 4.54. The fourth-order valence-electron chi connectivity index (χ4n) is 8.15. The summed E-state index contributed by atoms with van der Waals surface area (Å²) in [7, 11) is 0. The standard InChI is InChI=1S/C29H32N2O3/c1-4-13-31-14-12-28-24-18-10-11-22(32)25(24)34-27(28,3)26-20(19-8-6-7-9-21(19)30-26)17-29(28,23(31)16-18)33-15-5-2/h4,6-11,23,30,32H,1,5,12-17H2,2-3H3/t23-,27+,28+,29-/m1/s1. The van der Waals surface area contributed by atoms with E-state index in [1.165, 1.54) is 22.1 Å². The van der Waals surface area contributed by atoms with Gasteiger partial charge in [0.25, 0.3) is 0 Å². The van der Waals surface area contributed by atoms with Gasteiger partial charge in [-0.1, -0.05) is 37.3 Å². The van der Waals surface area contributed by atoms with Crippen LogP contribution in [0.15, 0.2) is 49.1 Å². The molecule has 0 unspecified atom stereocenters. The van der Waals surface area contributed by atoms with Crippen LogP contribution in [0.1, 0.15) is 49.1 Å². The predicted molar refractivity (Wildman–Crippen MR) is 133 cm³/mol. The maximum atomic E-state index is 11.0. The molecule has 0 amide bonds. The van der Waals surface area contributed by atoms with Gasteiger partial charge in [0.1, 0.15) is 5.60 Å². The van der Waals surface area contributed by atoms with Gasteiger partial charge in [-0.25, -0.2) is 0 Å². The number of para-hydroxylation sites is 1. The van der Waals surface area contributed by atoms with Crippen molar-refractivity contribution in [1.29, 1.82) is 0 Å². The van der Waals surface area contributed by atoms with Crippen LogP contribution >= 0.6 is 0 Å². The molecule has 176 valence electrons. The highest BCUT2D eigenvalue weighted by molar-refractivity contribution is 5.86. The Kier molecular flexibility index (Phi) is 4.04. The molecule has 2 bridgehead atoms. The normalized spacial score (nSPS) is 32.8. The molecule has 2 aromatic carbocycles. The summed E-state index contributed by atoms with van der Waals surface area (Å²) in [6.45, 7) is 11.0. The molecule has 1 fully saturated rings. The molecule has 2 aliphatic carbocycles. The van der Waals surface area contributed by atoms with Crippen molar-refractivity contribution >= 4 is 10.9 Å². The van der Waals surface area contributed by atoms with Gasteiger partial charge >= 0.3 is 0 Å². The van der Waals surface area contributed by atoms with E-state index in [0.717, 1.165) is 50.0 Å². The minimum Gasteiger partial charge on any atom is -0.504 e. The molecule has 5 heteroatoms. The van der Waals surface area contributed by atoms with E-state index in [9.17, 15) is 5.11 Å². The number of nitrogens with zero attached hydrogens (tertiary/aromatic N) is 1. The van der Waals surface area contributed by atoms with Crippen LogP contribution in [-0.2, 0) is 28.6 Å². The van der Waals surface area contributed by atoms with Crippen molar-refractivity contribution in [2.75, 3.05) is 19.7 Å². The first kappa shape index (κ1) is 20.6. The number of nitrogens with one attached hydrogen (secondary N) is 1. The molecule has 1 saturated heterocycles. The molecule has 3 aromatic rings. The van der Waals surface area contributed by atoms with Gasteiger partial charge in [0.2, 0.25) is 0 Å². The topological polar surface area (TPSA) is 57.7 Å². The molecule has 2 N–H and O–H groups in total. The second-order valence-corrected chi connectivity index (χ2v) is 10.7. The average Bonchev–Trinajstić information content (AvgIpc) is 3.34. The third-order valence-electron chi connectivity index (χ3n) is 9.32. The van der Waals surface area contributed by atoms with E-state index in [4.69, 9.17) is 9.47 Å². The summed E-state index contributed by atoms with van der Waals surface area (Å²) in [6.07, 6.45) is 5.62. The summed E-state index contributed by atoms with van der Waals surface area (Å²) >= 11 is 0. The molecule has 34 heavy (non-hydrogen) atoms. The van der Waals surface area contributed by atoms with Gasteiger partial charge in [0, 0.05) is 48.6 Å². The molecule has 1 spiro atoms. The molecular weight excluding hydrogens is 424 g/mol. The number of benzene rings is 2. The monoisotopic (exact) mass is 456 g/mol. The van der Waals surface area contributed by atoms with Gasteiger partial charge in [0.15, 0.2) is 17.1 Å². The second-order valence-electron chi connectivity index (χ2n) is 10.7. The number of phenols is 1. The Bertz CT molecular complexity index is 1340. The number of H-pyrrole nitrogens is 1. The summed E-state index contributed by atoms with van der Waals surface area (Å²) in [6, 6.07) is 12.7. The van der Waals surface area contributed by atoms with Crippen LogP contribution in [0.3, 0.4) is 0 Å². The molecule has 5 nitrogen and oxygen atoms in total. The average molecular weight is 457 g/mol. The first-order valence-electron chi connectivity index (χ1n) is 12.6. The molecule has 7 rings (SSSR count). The number of piperidine rings is 1. The zero-order valence-corrected chi connectivity index (χ0v) is 20.0. The lowest BCUT2D eigenvalue weighted by Gasteiger charge is -2.67.